The molecule has 2 amide bonds. The first kappa shape index (κ1) is 23.9. The number of unbranched alkanes of at least 4 members (excludes halogenated alkanes) is 1. The first-order valence-electron chi connectivity index (χ1n) is 12.1. The Bertz CT molecular complexity index is 1270. The first-order chi connectivity index (χ1) is 17.5. The second kappa shape index (κ2) is 9.31. The molecule has 3 aliphatic heterocycles. The molecule has 0 aliphatic carbocycles. The molecule has 1 fully saturated rings. The van der Waals surface area contributed by atoms with Gasteiger partial charge in [-0.05, 0) is 30.7 Å². The number of amides is 2. The summed E-state index contributed by atoms with van der Waals surface area (Å²) in [5, 5.41) is 11.6. The number of anilines is 1. The third-order valence-electron chi connectivity index (χ3n) is 6.88. The number of Topliss-reactive ketones (excluding diaryl/α,β-unsaturated/α-hetero) is 1. The van der Waals surface area contributed by atoms with Gasteiger partial charge in [0, 0.05) is 31.3 Å². The van der Waals surface area contributed by atoms with E-state index in [0.29, 0.717) is 42.5 Å². The van der Waals surface area contributed by atoms with Gasteiger partial charge in [-0.25, -0.2) is 0 Å². The maximum atomic E-state index is 14.3. The zero-order chi connectivity index (χ0) is 25.4. The number of ether oxygens (including phenoxy) is 3. The lowest BCUT2D eigenvalue weighted by atomic mass is 9.82. The Hall–Kier alpha value is -3.85. The topological polar surface area (TPSA) is 106 Å². The molecule has 2 aromatic carbocycles. The molecule has 0 aromatic heterocycles. The predicted molar refractivity (Wildman–Crippen MR) is 131 cm³/mol. The lowest BCUT2D eigenvalue weighted by molar-refractivity contribution is -0.144. The van der Waals surface area contributed by atoms with Crippen LogP contribution in [0.1, 0.15) is 30.9 Å². The van der Waals surface area contributed by atoms with Gasteiger partial charge in [-0.15, -0.1) is 0 Å². The molecule has 188 valence electrons. The second-order valence-corrected chi connectivity index (χ2v) is 8.90. The van der Waals surface area contributed by atoms with Gasteiger partial charge in [0.15, 0.2) is 17.0 Å². The monoisotopic (exact) mass is 492 g/mol. The van der Waals surface area contributed by atoms with Crippen LogP contribution in [0.25, 0.3) is 5.76 Å². The number of nitrogens with zero attached hydrogens (tertiary/aromatic N) is 2. The van der Waals surface area contributed by atoms with Crippen LogP contribution in [-0.4, -0.2) is 67.6 Å². The molecule has 0 radical (unpaired) electrons. The van der Waals surface area contributed by atoms with E-state index in [4.69, 9.17) is 14.2 Å². The van der Waals surface area contributed by atoms with Crippen LogP contribution < -0.4 is 14.4 Å². The van der Waals surface area contributed by atoms with Crippen molar-refractivity contribution in [2.45, 2.75) is 25.3 Å². The van der Waals surface area contributed by atoms with E-state index in [1.54, 1.807) is 41.3 Å². The number of hydrogen-bond acceptors (Lipinski definition) is 7. The molecule has 1 saturated heterocycles. The highest BCUT2D eigenvalue weighted by Gasteiger charge is 2.66. The molecule has 9 nitrogen and oxygen atoms in total. The summed E-state index contributed by atoms with van der Waals surface area (Å²) in [6, 6.07) is 11.9. The van der Waals surface area contributed by atoms with Gasteiger partial charge in [-0.2, -0.15) is 0 Å². The number of carbonyl (C=O) groups is 3. The van der Waals surface area contributed by atoms with Crippen LogP contribution in [0, 0.1) is 0 Å². The molecule has 0 bridgehead atoms. The molecule has 9 heteroatoms. The van der Waals surface area contributed by atoms with Crippen molar-refractivity contribution in [1.29, 1.82) is 0 Å². The second-order valence-electron chi connectivity index (χ2n) is 8.90. The highest BCUT2D eigenvalue weighted by Crippen LogP contribution is 2.53. The largest absolute Gasteiger partial charge is 0.507 e. The molecule has 1 atom stereocenters. The highest BCUT2D eigenvalue weighted by atomic mass is 16.6. The summed E-state index contributed by atoms with van der Waals surface area (Å²) in [4.78, 5) is 44.1. The van der Waals surface area contributed by atoms with Gasteiger partial charge in [0.05, 0.1) is 17.9 Å². The lowest BCUT2D eigenvalue weighted by Crippen LogP contribution is -2.52. The van der Waals surface area contributed by atoms with Gasteiger partial charge < -0.3 is 29.1 Å². The zero-order valence-electron chi connectivity index (χ0n) is 20.3. The minimum Gasteiger partial charge on any atom is -0.507 e. The standard InChI is InChI=1S/C27H28N2O7/c1-3-4-11-28-19-8-6-5-7-18(19)27(26(28)33)22(24(31)25(32)29(27)12-13-34-2)23(30)17-9-10-20-21(16-17)36-15-14-35-20/h5-10,16,30H,3-4,11-15H2,1-2H3/b23-22+. The van der Waals surface area contributed by atoms with Gasteiger partial charge in [0.2, 0.25) is 0 Å². The van der Waals surface area contributed by atoms with Crippen LogP contribution >= 0.6 is 0 Å². The molecule has 5 rings (SSSR count). The van der Waals surface area contributed by atoms with Crippen LogP contribution in [0.15, 0.2) is 48.0 Å². The van der Waals surface area contributed by atoms with Crippen molar-refractivity contribution in [2.24, 2.45) is 0 Å². The van der Waals surface area contributed by atoms with Gasteiger partial charge in [-0.3, -0.25) is 14.4 Å². The van der Waals surface area contributed by atoms with Crippen LogP contribution in [0.3, 0.4) is 0 Å². The molecule has 1 N–H and O–H groups in total. The Labute approximate surface area is 208 Å². The van der Waals surface area contributed by atoms with E-state index in [9.17, 15) is 19.5 Å². The fourth-order valence-electron chi connectivity index (χ4n) is 5.22. The molecular formula is C27H28N2O7. The summed E-state index contributed by atoms with van der Waals surface area (Å²) >= 11 is 0. The quantitative estimate of drug-likeness (QED) is 0.360. The summed E-state index contributed by atoms with van der Waals surface area (Å²) in [5.41, 5.74) is -0.694. The van der Waals surface area contributed by atoms with Crippen molar-refractivity contribution in [3.63, 3.8) is 0 Å². The normalized spacial score (nSPS) is 22.0. The fraction of sp³-hybridized carbons (Fsp3) is 0.370. The molecular weight excluding hydrogens is 464 g/mol. The number of aliphatic hydroxyl groups is 1. The third kappa shape index (κ3) is 3.37. The number of hydrogen-bond donors (Lipinski definition) is 1. The maximum Gasteiger partial charge on any atom is 0.296 e. The lowest BCUT2D eigenvalue weighted by Gasteiger charge is -2.34. The minimum atomic E-state index is -1.80. The number of aliphatic hydroxyl groups excluding tert-OH is 1. The van der Waals surface area contributed by atoms with E-state index in [1.165, 1.54) is 12.0 Å². The number of benzene rings is 2. The average molecular weight is 493 g/mol. The molecule has 0 saturated carbocycles. The Balaban J connectivity index is 1.76. The highest BCUT2D eigenvalue weighted by molar-refractivity contribution is 6.50. The summed E-state index contributed by atoms with van der Waals surface area (Å²) in [6.07, 6.45) is 1.60. The SMILES string of the molecule is CCCCN1C(=O)C2(/C(=C(/O)c3ccc4c(c3)OCCO4)C(=O)C(=O)N2CCOC)c2ccccc21. The van der Waals surface area contributed by atoms with Crippen LogP contribution in [0.5, 0.6) is 11.5 Å². The van der Waals surface area contributed by atoms with E-state index in [-0.39, 0.29) is 24.3 Å². The molecule has 36 heavy (non-hydrogen) atoms. The minimum absolute atomic E-state index is 0.000679. The molecule has 3 heterocycles. The fourth-order valence-corrected chi connectivity index (χ4v) is 5.22. The van der Waals surface area contributed by atoms with Crippen molar-refractivity contribution in [1.82, 2.24) is 4.90 Å². The van der Waals surface area contributed by atoms with E-state index in [2.05, 4.69) is 0 Å². The van der Waals surface area contributed by atoms with Crippen LogP contribution in [-0.2, 0) is 24.7 Å². The maximum absolute atomic E-state index is 14.3. The van der Waals surface area contributed by atoms with Gasteiger partial charge in [0.1, 0.15) is 19.0 Å². The zero-order valence-corrected chi connectivity index (χ0v) is 20.3. The molecule has 1 spiro atoms. The van der Waals surface area contributed by atoms with E-state index in [0.717, 1.165) is 12.8 Å². The van der Waals surface area contributed by atoms with Gasteiger partial charge >= 0.3 is 0 Å². The van der Waals surface area contributed by atoms with Crippen molar-refractivity contribution in [3.05, 3.63) is 59.2 Å². The Morgan fingerprint density at radius 1 is 1.06 bits per heavy atom. The van der Waals surface area contributed by atoms with Crippen molar-refractivity contribution >= 4 is 29.0 Å². The molecule has 3 aliphatic rings. The van der Waals surface area contributed by atoms with E-state index < -0.39 is 28.9 Å². The summed E-state index contributed by atoms with van der Waals surface area (Å²) in [5.74, 6) is -1.72. The first-order valence-corrected chi connectivity index (χ1v) is 12.1. The Morgan fingerprint density at radius 2 is 1.81 bits per heavy atom. The Morgan fingerprint density at radius 3 is 2.56 bits per heavy atom. The molecule has 2 aromatic rings. The van der Waals surface area contributed by atoms with Crippen LogP contribution in [0.2, 0.25) is 0 Å². The number of carbonyl (C=O) groups excluding carboxylic acids is 3. The van der Waals surface area contributed by atoms with Crippen molar-refractivity contribution in [3.8, 4) is 11.5 Å². The van der Waals surface area contributed by atoms with E-state index in [1.807, 2.05) is 13.0 Å². The van der Waals surface area contributed by atoms with Crippen molar-refractivity contribution < 1.29 is 33.7 Å². The average Bonchev–Trinajstić information content (AvgIpc) is 3.28. The number of para-hydroxylation sites is 1. The summed E-state index contributed by atoms with van der Waals surface area (Å²) < 4.78 is 16.4. The van der Waals surface area contributed by atoms with E-state index >= 15 is 0 Å². The Kier molecular flexibility index (Phi) is 6.17. The third-order valence-corrected chi connectivity index (χ3v) is 6.88. The number of rotatable bonds is 7. The number of fused-ring (bicyclic) bond motifs is 3. The number of ketones is 1. The van der Waals surface area contributed by atoms with Crippen molar-refractivity contribution in [2.75, 3.05) is 44.9 Å². The van der Waals surface area contributed by atoms with Crippen LogP contribution in [0.4, 0.5) is 5.69 Å². The van der Waals surface area contributed by atoms with Gasteiger partial charge in [0.25, 0.3) is 17.6 Å². The summed E-state index contributed by atoms with van der Waals surface area (Å²) in [7, 11) is 1.48. The summed E-state index contributed by atoms with van der Waals surface area (Å²) in [6.45, 7) is 3.31. The smallest absolute Gasteiger partial charge is 0.296 e. The predicted octanol–water partition coefficient (Wildman–Crippen LogP) is 2.83. The number of likely N-dealkylation sites (tertiary alicyclic amines) is 1. The van der Waals surface area contributed by atoms with Gasteiger partial charge in [-0.1, -0.05) is 31.5 Å². The molecule has 1 unspecified atom stereocenters. The number of methoxy groups -OCH3 is 1.